The molecule has 0 saturated carbocycles. The van der Waals surface area contributed by atoms with Gasteiger partial charge in [0.25, 0.3) is 0 Å². The van der Waals surface area contributed by atoms with Gasteiger partial charge in [0.05, 0.1) is 18.6 Å². The minimum atomic E-state index is -0.460. The molecule has 1 fully saturated rings. The lowest BCUT2D eigenvalue weighted by atomic mass is 9.91. The van der Waals surface area contributed by atoms with Crippen LogP contribution in [0.1, 0.15) is 32.8 Å². The van der Waals surface area contributed by atoms with Gasteiger partial charge in [-0.2, -0.15) is 0 Å². The predicted octanol–water partition coefficient (Wildman–Crippen LogP) is 4.13. The molecule has 0 radical (unpaired) electrons. The molecule has 0 spiro atoms. The SMILES string of the molecule is CC(C)(C)OC(=O)C(Cc1cccc2ccccc12)CC1CO1. The highest BCUT2D eigenvalue weighted by molar-refractivity contribution is 5.86. The van der Waals surface area contributed by atoms with Gasteiger partial charge in [0.2, 0.25) is 0 Å². The summed E-state index contributed by atoms with van der Waals surface area (Å²) >= 11 is 0. The molecule has 2 aromatic carbocycles. The highest BCUT2D eigenvalue weighted by Gasteiger charge is 2.33. The molecule has 1 aliphatic heterocycles. The number of hydrogen-bond acceptors (Lipinski definition) is 3. The summed E-state index contributed by atoms with van der Waals surface area (Å²) in [5, 5.41) is 2.41. The molecule has 1 aliphatic rings. The number of rotatable bonds is 5. The van der Waals surface area contributed by atoms with E-state index >= 15 is 0 Å². The second-order valence-electron chi connectivity index (χ2n) is 7.26. The lowest BCUT2D eigenvalue weighted by Gasteiger charge is -2.24. The molecule has 3 rings (SSSR count). The van der Waals surface area contributed by atoms with Crippen molar-refractivity contribution in [3.63, 3.8) is 0 Å². The Morgan fingerprint density at radius 2 is 1.91 bits per heavy atom. The molecule has 2 atom stereocenters. The van der Waals surface area contributed by atoms with E-state index in [1.807, 2.05) is 32.9 Å². The van der Waals surface area contributed by atoms with Crippen molar-refractivity contribution in [3.05, 3.63) is 48.0 Å². The molecule has 0 bridgehead atoms. The molecule has 3 heteroatoms. The van der Waals surface area contributed by atoms with Crippen molar-refractivity contribution in [2.24, 2.45) is 5.92 Å². The Kier molecular flexibility index (Phi) is 4.40. The van der Waals surface area contributed by atoms with E-state index in [1.54, 1.807) is 0 Å². The smallest absolute Gasteiger partial charge is 0.309 e. The molecular weight excluding hydrogens is 288 g/mol. The molecule has 0 aromatic heterocycles. The second-order valence-corrected chi connectivity index (χ2v) is 7.26. The predicted molar refractivity (Wildman–Crippen MR) is 91.3 cm³/mol. The lowest BCUT2D eigenvalue weighted by Crippen LogP contribution is -2.30. The van der Waals surface area contributed by atoms with Gasteiger partial charge < -0.3 is 9.47 Å². The summed E-state index contributed by atoms with van der Waals surface area (Å²) in [6.07, 6.45) is 1.64. The van der Waals surface area contributed by atoms with E-state index in [4.69, 9.17) is 9.47 Å². The van der Waals surface area contributed by atoms with Crippen LogP contribution in [0.2, 0.25) is 0 Å². The summed E-state index contributed by atoms with van der Waals surface area (Å²) in [5.74, 6) is -0.284. The van der Waals surface area contributed by atoms with E-state index < -0.39 is 5.60 Å². The van der Waals surface area contributed by atoms with Crippen molar-refractivity contribution in [1.29, 1.82) is 0 Å². The maximum atomic E-state index is 12.6. The number of fused-ring (bicyclic) bond motifs is 1. The van der Waals surface area contributed by atoms with Gasteiger partial charge >= 0.3 is 5.97 Å². The van der Waals surface area contributed by atoms with E-state index in [0.29, 0.717) is 6.42 Å². The van der Waals surface area contributed by atoms with Gasteiger partial charge in [-0.15, -0.1) is 0 Å². The first-order valence-corrected chi connectivity index (χ1v) is 8.23. The van der Waals surface area contributed by atoms with Crippen LogP contribution < -0.4 is 0 Å². The Morgan fingerprint density at radius 3 is 2.61 bits per heavy atom. The van der Waals surface area contributed by atoms with E-state index in [-0.39, 0.29) is 18.0 Å². The molecule has 1 heterocycles. The average molecular weight is 312 g/mol. The van der Waals surface area contributed by atoms with E-state index in [0.717, 1.165) is 13.0 Å². The van der Waals surface area contributed by atoms with Gasteiger partial charge in [0.15, 0.2) is 0 Å². The third kappa shape index (κ3) is 4.32. The van der Waals surface area contributed by atoms with Crippen molar-refractivity contribution in [3.8, 4) is 0 Å². The van der Waals surface area contributed by atoms with Gasteiger partial charge in [-0.1, -0.05) is 42.5 Å². The molecule has 0 N–H and O–H groups in total. The topological polar surface area (TPSA) is 38.8 Å². The van der Waals surface area contributed by atoms with Gasteiger partial charge in [-0.05, 0) is 49.9 Å². The molecule has 0 aliphatic carbocycles. The summed E-state index contributed by atoms with van der Waals surface area (Å²) < 4.78 is 11.0. The summed E-state index contributed by atoms with van der Waals surface area (Å²) in [5.41, 5.74) is 0.734. The quantitative estimate of drug-likeness (QED) is 0.615. The van der Waals surface area contributed by atoms with Crippen molar-refractivity contribution < 1.29 is 14.3 Å². The molecule has 1 saturated heterocycles. The van der Waals surface area contributed by atoms with Crippen LogP contribution in [-0.2, 0) is 20.7 Å². The number of carbonyl (C=O) groups is 1. The second kappa shape index (κ2) is 6.32. The normalized spacial score (nSPS) is 18.7. The van der Waals surface area contributed by atoms with Crippen molar-refractivity contribution >= 4 is 16.7 Å². The fourth-order valence-electron chi connectivity index (χ4n) is 2.91. The van der Waals surface area contributed by atoms with E-state index in [1.165, 1.54) is 16.3 Å². The fourth-order valence-corrected chi connectivity index (χ4v) is 2.91. The van der Waals surface area contributed by atoms with Crippen molar-refractivity contribution in [2.45, 2.75) is 45.3 Å². The minimum absolute atomic E-state index is 0.124. The zero-order valence-electron chi connectivity index (χ0n) is 14.0. The molecule has 122 valence electrons. The highest BCUT2D eigenvalue weighted by atomic mass is 16.6. The molecule has 23 heavy (non-hydrogen) atoms. The van der Waals surface area contributed by atoms with E-state index in [9.17, 15) is 4.79 Å². The Morgan fingerprint density at radius 1 is 1.22 bits per heavy atom. The zero-order valence-corrected chi connectivity index (χ0v) is 14.0. The number of epoxide rings is 1. The maximum Gasteiger partial charge on any atom is 0.309 e. The van der Waals surface area contributed by atoms with Crippen molar-refractivity contribution in [1.82, 2.24) is 0 Å². The third-order valence-corrected chi connectivity index (χ3v) is 4.04. The summed E-state index contributed by atoms with van der Waals surface area (Å²) in [6, 6.07) is 14.6. The number of hydrogen-bond donors (Lipinski definition) is 0. The van der Waals surface area contributed by atoms with Gasteiger partial charge in [0, 0.05) is 0 Å². The summed E-state index contributed by atoms with van der Waals surface area (Å²) in [6.45, 7) is 6.49. The molecule has 3 nitrogen and oxygen atoms in total. The Balaban J connectivity index is 1.83. The molecule has 0 amide bonds. The van der Waals surface area contributed by atoms with Crippen LogP contribution in [0, 0.1) is 5.92 Å². The number of ether oxygens (including phenoxy) is 2. The van der Waals surface area contributed by atoms with Crippen LogP contribution in [0.5, 0.6) is 0 Å². The maximum absolute atomic E-state index is 12.6. The van der Waals surface area contributed by atoms with Gasteiger partial charge in [-0.3, -0.25) is 4.79 Å². The monoisotopic (exact) mass is 312 g/mol. The first-order valence-electron chi connectivity index (χ1n) is 8.23. The number of esters is 1. The summed E-state index contributed by atoms with van der Waals surface area (Å²) in [7, 11) is 0. The van der Waals surface area contributed by atoms with Crippen LogP contribution in [0.15, 0.2) is 42.5 Å². The van der Waals surface area contributed by atoms with Crippen LogP contribution in [-0.4, -0.2) is 24.3 Å². The van der Waals surface area contributed by atoms with Crippen molar-refractivity contribution in [2.75, 3.05) is 6.61 Å². The van der Waals surface area contributed by atoms with Gasteiger partial charge in [-0.25, -0.2) is 0 Å². The zero-order chi connectivity index (χ0) is 16.4. The fraction of sp³-hybridized carbons (Fsp3) is 0.450. The first-order chi connectivity index (χ1) is 10.9. The highest BCUT2D eigenvalue weighted by Crippen LogP contribution is 2.28. The molecule has 2 unspecified atom stereocenters. The number of carbonyl (C=O) groups excluding carboxylic acids is 1. The summed E-state index contributed by atoms with van der Waals surface area (Å²) in [4.78, 5) is 12.6. The Labute approximate surface area is 137 Å². The largest absolute Gasteiger partial charge is 0.460 e. The van der Waals surface area contributed by atoms with Crippen LogP contribution in [0.25, 0.3) is 10.8 Å². The standard InChI is InChI=1S/C20H24O3/c1-20(2,3)23-19(21)16(12-17-13-22-17)11-15-9-6-8-14-7-4-5-10-18(14)15/h4-10,16-17H,11-13H2,1-3H3. The average Bonchev–Trinajstić information content (AvgIpc) is 3.29. The first kappa shape index (κ1) is 16.0. The Hall–Kier alpha value is -1.87. The minimum Gasteiger partial charge on any atom is -0.460 e. The van der Waals surface area contributed by atoms with Crippen LogP contribution in [0.3, 0.4) is 0 Å². The van der Waals surface area contributed by atoms with Crippen LogP contribution in [0.4, 0.5) is 0 Å². The van der Waals surface area contributed by atoms with Gasteiger partial charge in [0.1, 0.15) is 5.60 Å². The lowest BCUT2D eigenvalue weighted by molar-refractivity contribution is -0.160. The Bertz CT molecular complexity index is 690. The molecule has 2 aromatic rings. The number of benzene rings is 2. The van der Waals surface area contributed by atoms with E-state index in [2.05, 4.69) is 30.3 Å². The van der Waals surface area contributed by atoms with Crippen LogP contribution >= 0.6 is 0 Å². The third-order valence-electron chi connectivity index (χ3n) is 4.04. The molecular formula is C20H24O3.